The minimum Gasteiger partial charge on any atom is -0.494 e. The number of benzene rings is 2. The van der Waals surface area contributed by atoms with Crippen LogP contribution in [0.1, 0.15) is 56.6 Å². The minimum absolute atomic E-state index is 0.128. The molecule has 1 fully saturated rings. The lowest BCUT2D eigenvalue weighted by atomic mass is 10.0. The van der Waals surface area contributed by atoms with Gasteiger partial charge in [0.1, 0.15) is 23.9 Å². The molecule has 4 amide bonds. The molecule has 2 bridgehead atoms. The maximum Gasteiger partial charge on any atom is 0.262 e. The Bertz CT molecular complexity index is 1270. The average molecular weight is 599 g/mol. The smallest absolute Gasteiger partial charge is 0.262 e. The third-order valence-electron chi connectivity index (χ3n) is 7.68. The largest absolute Gasteiger partial charge is 0.494 e. The van der Waals surface area contributed by atoms with Gasteiger partial charge in [-0.2, -0.15) is 0 Å². The minimum atomic E-state index is -3.12. The van der Waals surface area contributed by atoms with E-state index in [1.165, 1.54) is 0 Å². The lowest BCUT2D eigenvalue weighted by molar-refractivity contribution is -0.139. The molecule has 3 N–H and O–H groups in total. The van der Waals surface area contributed by atoms with Gasteiger partial charge in [-0.3, -0.25) is 19.2 Å². The first-order valence-electron chi connectivity index (χ1n) is 14.9. The molecular formula is C32H40F2N4O5. The topological polar surface area (TPSA) is 117 Å². The number of ether oxygens (including phenoxy) is 1. The predicted octanol–water partition coefficient (Wildman–Crippen LogP) is 3.16. The van der Waals surface area contributed by atoms with Crippen molar-refractivity contribution >= 4 is 23.6 Å². The Kier molecular flexibility index (Phi) is 11.1. The first-order chi connectivity index (χ1) is 20.6. The number of hydrogen-bond donors (Lipinski definition) is 3. The highest BCUT2D eigenvalue weighted by atomic mass is 19.3. The highest BCUT2D eigenvalue weighted by molar-refractivity contribution is 5.94. The monoisotopic (exact) mass is 598 g/mol. The van der Waals surface area contributed by atoms with Crippen LogP contribution >= 0.6 is 0 Å². The van der Waals surface area contributed by atoms with Crippen LogP contribution in [0, 0.1) is 0 Å². The number of halogens is 2. The van der Waals surface area contributed by atoms with Gasteiger partial charge in [-0.25, -0.2) is 8.78 Å². The number of carbonyl (C=O) groups excluding carboxylic acids is 4. The molecule has 2 aliphatic heterocycles. The maximum atomic E-state index is 13.9. The van der Waals surface area contributed by atoms with E-state index in [1.54, 1.807) is 4.90 Å². The van der Waals surface area contributed by atoms with Crippen LogP contribution in [0.3, 0.4) is 0 Å². The van der Waals surface area contributed by atoms with Crippen molar-refractivity contribution in [2.24, 2.45) is 0 Å². The molecule has 2 heterocycles. The third kappa shape index (κ3) is 9.76. The Hall–Kier alpha value is -4.02. The summed E-state index contributed by atoms with van der Waals surface area (Å²) in [5.41, 5.74) is 1.78. The number of nitrogens with one attached hydrogen (secondary N) is 3. The van der Waals surface area contributed by atoms with Gasteiger partial charge in [0, 0.05) is 26.3 Å². The lowest BCUT2D eigenvalue weighted by Gasteiger charge is -2.30. The zero-order valence-corrected chi connectivity index (χ0v) is 24.5. The fourth-order valence-electron chi connectivity index (χ4n) is 5.37. The van der Waals surface area contributed by atoms with E-state index in [1.807, 2.05) is 54.6 Å². The number of aryl methyl sites for hydroxylation is 1. The molecule has 1 saturated heterocycles. The van der Waals surface area contributed by atoms with Crippen LogP contribution in [-0.2, 0) is 32.0 Å². The summed E-state index contributed by atoms with van der Waals surface area (Å²) in [6, 6.07) is 13.9. The highest BCUT2D eigenvalue weighted by Gasteiger charge is 2.36. The van der Waals surface area contributed by atoms with Crippen molar-refractivity contribution in [3.8, 4) is 5.75 Å². The van der Waals surface area contributed by atoms with Gasteiger partial charge in [0.2, 0.25) is 23.6 Å². The molecule has 9 nitrogen and oxygen atoms in total. The van der Waals surface area contributed by atoms with Crippen LogP contribution in [0.2, 0.25) is 0 Å². The van der Waals surface area contributed by atoms with Crippen LogP contribution in [-0.4, -0.2) is 72.3 Å². The summed E-state index contributed by atoms with van der Waals surface area (Å²) in [4.78, 5) is 54.8. The number of nitrogens with zero attached hydrogens (tertiary/aromatic N) is 1. The number of amides is 4. The molecule has 2 aromatic rings. The number of likely N-dealkylation sites (tertiary alicyclic amines) is 1. The molecule has 0 aromatic heterocycles. The number of alkyl halides is 2. The number of carbonyl (C=O) groups is 4. The normalized spacial score (nSPS) is 22.3. The first-order valence-corrected chi connectivity index (χ1v) is 14.9. The molecule has 2 aromatic carbocycles. The van der Waals surface area contributed by atoms with Crippen molar-refractivity contribution in [2.75, 3.05) is 19.7 Å². The van der Waals surface area contributed by atoms with Gasteiger partial charge in [0.05, 0.1) is 13.2 Å². The second-order valence-electron chi connectivity index (χ2n) is 11.3. The second-order valence-corrected chi connectivity index (χ2v) is 11.3. The summed E-state index contributed by atoms with van der Waals surface area (Å²) in [5.74, 6) is -4.42. The molecule has 3 atom stereocenters. The summed E-state index contributed by atoms with van der Waals surface area (Å²) in [6.45, 7) is 0.608. The van der Waals surface area contributed by atoms with Crippen molar-refractivity contribution < 1.29 is 32.7 Å². The van der Waals surface area contributed by atoms with E-state index in [0.717, 1.165) is 11.1 Å². The maximum absolute atomic E-state index is 13.9. The summed E-state index contributed by atoms with van der Waals surface area (Å²) in [5, 5.41) is 7.81. The highest BCUT2D eigenvalue weighted by Crippen LogP contribution is 2.21. The first kappa shape index (κ1) is 31.9. The molecule has 0 saturated carbocycles. The Balaban J connectivity index is 1.62. The Labute approximate surface area is 250 Å². The molecular weight excluding hydrogens is 558 g/mol. The Morgan fingerprint density at radius 3 is 2.53 bits per heavy atom. The fraction of sp³-hybridized carbons (Fsp3) is 0.500. The number of rotatable bonds is 7. The van der Waals surface area contributed by atoms with E-state index in [0.29, 0.717) is 57.9 Å². The van der Waals surface area contributed by atoms with Crippen molar-refractivity contribution in [3.05, 3.63) is 65.7 Å². The molecule has 11 heteroatoms. The summed E-state index contributed by atoms with van der Waals surface area (Å²) in [7, 11) is 0. The van der Waals surface area contributed by atoms with E-state index < -0.39 is 48.3 Å². The van der Waals surface area contributed by atoms with E-state index in [-0.39, 0.29) is 25.2 Å². The molecule has 0 aliphatic carbocycles. The second kappa shape index (κ2) is 14.9. The van der Waals surface area contributed by atoms with Crippen LogP contribution in [0.5, 0.6) is 5.75 Å². The van der Waals surface area contributed by atoms with Gasteiger partial charge in [-0.1, -0.05) is 42.5 Å². The molecule has 232 valence electrons. The van der Waals surface area contributed by atoms with Crippen molar-refractivity contribution in [1.82, 2.24) is 20.9 Å². The SMILES string of the molecule is CC(F)(F)CNC(=O)[C@H]1CCCCOc2cccc(c2)C[C@H](N2CCCC2=O)C(=O)N[C@@H](CCc2ccccc2)C(=O)N1. The van der Waals surface area contributed by atoms with Gasteiger partial charge in [0.15, 0.2) is 0 Å². The van der Waals surface area contributed by atoms with E-state index in [4.69, 9.17) is 4.74 Å². The molecule has 0 spiro atoms. The summed E-state index contributed by atoms with van der Waals surface area (Å²) < 4.78 is 32.9. The zero-order valence-electron chi connectivity index (χ0n) is 24.5. The van der Waals surface area contributed by atoms with Gasteiger partial charge in [-0.05, 0) is 61.8 Å². The molecule has 43 heavy (non-hydrogen) atoms. The van der Waals surface area contributed by atoms with E-state index in [9.17, 15) is 28.0 Å². The average Bonchev–Trinajstić information content (AvgIpc) is 3.40. The van der Waals surface area contributed by atoms with Crippen molar-refractivity contribution in [1.29, 1.82) is 0 Å². The number of hydrogen-bond acceptors (Lipinski definition) is 5. The lowest BCUT2D eigenvalue weighted by Crippen LogP contribution is -2.57. The van der Waals surface area contributed by atoms with E-state index >= 15 is 0 Å². The standard InChI is InChI=1S/C32H40F2N4O5/c1-32(33,34)21-35-29(40)25-13-5-6-18-43-24-12-7-11-23(19-24)20-27(38-17-8-14-28(38)39)31(42)37-26(30(41)36-25)16-15-22-9-3-2-4-10-22/h2-4,7,9-12,19,25-27H,5-6,8,13-18,20-21H2,1H3,(H,35,40)(H,36,41)(H,37,42)/t25-,26+,27+/m1/s1. The molecule has 4 rings (SSSR count). The van der Waals surface area contributed by atoms with Crippen LogP contribution in [0.15, 0.2) is 54.6 Å². The van der Waals surface area contributed by atoms with E-state index in [2.05, 4.69) is 16.0 Å². The third-order valence-corrected chi connectivity index (χ3v) is 7.68. The summed E-state index contributed by atoms with van der Waals surface area (Å²) >= 11 is 0. The molecule has 0 radical (unpaired) electrons. The number of fused-ring (bicyclic) bond motifs is 2. The van der Waals surface area contributed by atoms with Gasteiger partial charge >= 0.3 is 0 Å². The van der Waals surface area contributed by atoms with Gasteiger partial charge < -0.3 is 25.6 Å². The van der Waals surface area contributed by atoms with Crippen LogP contribution < -0.4 is 20.7 Å². The van der Waals surface area contributed by atoms with Crippen LogP contribution in [0.25, 0.3) is 0 Å². The van der Waals surface area contributed by atoms with Crippen molar-refractivity contribution in [3.63, 3.8) is 0 Å². The molecule has 2 aliphatic rings. The van der Waals surface area contributed by atoms with Gasteiger partial charge in [0.25, 0.3) is 5.92 Å². The Morgan fingerprint density at radius 1 is 1.02 bits per heavy atom. The van der Waals surface area contributed by atoms with Gasteiger partial charge in [-0.15, -0.1) is 0 Å². The van der Waals surface area contributed by atoms with Crippen LogP contribution in [0.4, 0.5) is 8.78 Å². The van der Waals surface area contributed by atoms with Crippen molar-refractivity contribution in [2.45, 2.75) is 82.3 Å². The molecule has 0 unspecified atom stereocenters. The summed E-state index contributed by atoms with van der Waals surface area (Å²) in [6.07, 6.45) is 3.15. The zero-order chi connectivity index (χ0) is 30.8. The quantitative estimate of drug-likeness (QED) is 0.453. The Morgan fingerprint density at radius 2 is 1.81 bits per heavy atom. The fourth-order valence-corrected chi connectivity index (χ4v) is 5.37. The predicted molar refractivity (Wildman–Crippen MR) is 156 cm³/mol.